The summed E-state index contributed by atoms with van der Waals surface area (Å²) in [6.45, 7) is 7.64. The molecule has 0 unspecified atom stereocenters. The minimum atomic E-state index is -0.253. The van der Waals surface area contributed by atoms with E-state index in [4.69, 9.17) is 0 Å². The number of urea groups is 1. The number of benzene rings is 1. The van der Waals surface area contributed by atoms with E-state index in [9.17, 15) is 14.0 Å². The molecule has 1 saturated heterocycles. The molecule has 1 fully saturated rings. The molecule has 0 atom stereocenters. The molecule has 6 nitrogen and oxygen atoms in total. The fourth-order valence-electron chi connectivity index (χ4n) is 2.75. The Morgan fingerprint density at radius 3 is 2.21 bits per heavy atom. The summed E-state index contributed by atoms with van der Waals surface area (Å²) in [5.41, 5.74) is 0.957. The Balaban J connectivity index is 1.78. The van der Waals surface area contributed by atoms with E-state index < -0.39 is 0 Å². The second-order valence-corrected chi connectivity index (χ2v) is 5.68. The molecule has 0 saturated carbocycles. The van der Waals surface area contributed by atoms with Gasteiger partial charge in [0.15, 0.2) is 0 Å². The maximum Gasteiger partial charge on any atom is 0.317 e. The lowest BCUT2D eigenvalue weighted by molar-refractivity contribution is -0.130. The predicted molar refractivity (Wildman–Crippen MR) is 91.5 cm³/mol. The van der Waals surface area contributed by atoms with Crippen LogP contribution < -0.4 is 10.2 Å². The van der Waals surface area contributed by atoms with Crippen molar-refractivity contribution in [2.24, 2.45) is 0 Å². The van der Waals surface area contributed by atoms with Crippen molar-refractivity contribution < 1.29 is 14.0 Å². The van der Waals surface area contributed by atoms with Gasteiger partial charge >= 0.3 is 6.03 Å². The van der Waals surface area contributed by atoms with E-state index in [0.29, 0.717) is 39.3 Å². The van der Waals surface area contributed by atoms with Gasteiger partial charge in [0.25, 0.3) is 0 Å². The largest absolute Gasteiger partial charge is 0.368 e. The summed E-state index contributed by atoms with van der Waals surface area (Å²) in [5, 5.41) is 2.67. The van der Waals surface area contributed by atoms with Crippen LogP contribution in [0.2, 0.25) is 0 Å². The van der Waals surface area contributed by atoms with Gasteiger partial charge in [-0.25, -0.2) is 9.18 Å². The maximum atomic E-state index is 13.0. The summed E-state index contributed by atoms with van der Waals surface area (Å²) in [6, 6.07) is 6.16. The van der Waals surface area contributed by atoms with E-state index in [-0.39, 0.29) is 24.3 Å². The molecule has 3 amide bonds. The minimum absolute atomic E-state index is 0.0197. The van der Waals surface area contributed by atoms with Crippen LogP contribution >= 0.6 is 0 Å². The quantitative estimate of drug-likeness (QED) is 0.887. The first-order chi connectivity index (χ1) is 11.5. The smallest absolute Gasteiger partial charge is 0.317 e. The molecule has 1 aromatic carbocycles. The van der Waals surface area contributed by atoms with Gasteiger partial charge in [-0.2, -0.15) is 0 Å². The molecule has 0 bridgehead atoms. The number of nitrogens with zero attached hydrogens (tertiary/aromatic N) is 3. The number of hydrogen-bond donors (Lipinski definition) is 1. The first-order valence-corrected chi connectivity index (χ1v) is 8.36. The molecule has 2 rings (SSSR count). The average Bonchev–Trinajstić information content (AvgIpc) is 2.61. The number of piperazine rings is 1. The normalized spacial score (nSPS) is 14.5. The maximum absolute atomic E-state index is 13.0. The Hall–Kier alpha value is -2.31. The summed E-state index contributed by atoms with van der Waals surface area (Å²) >= 11 is 0. The van der Waals surface area contributed by atoms with Crippen LogP contribution in [0.25, 0.3) is 0 Å². The van der Waals surface area contributed by atoms with E-state index in [2.05, 4.69) is 10.2 Å². The van der Waals surface area contributed by atoms with E-state index in [0.717, 1.165) is 5.69 Å². The molecule has 0 aromatic heterocycles. The minimum Gasteiger partial charge on any atom is -0.368 e. The second-order valence-electron chi connectivity index (χ2n) is 5.68. The molecule has 132 valence electrons. The van der Waals surface area contributed by atoms with Gasteiger partial charge in [0.05, 0.1) is 6.54 Å². The molecule has 7 heteroatoms. The van der Waals surface area contributed by atoms with Gasteiger partial charge in [0.1, 0.15) is 5.82 Å². The van der Waals surface area contributed by atoms with Crippen molar-refractivity contribution in [3.05, 3.63) is 30.1 Å². The van der Waals surface area contributed by atoms with Crippen LogP contribution in [0.3, 0.4) is 0 Å². The van der Waals surface area contributed by atoms with E-state index in [1.807, 2.05) is 13.8 Å². The average molecular weight is 336 g/mol. The Morgan fingerprint density at radius 1 is 1.08 bits per heavy atom. The lowest BCUT2D eigenvalue weighted by Crippen LogP contribution is -2.52. The second kappa shape index (κ2) is 8.52. The Morgan fingerprint density at radius 2 is 1.67 bits per heavy atom. The van der Waals surface area contributed by atoms with Crippen LogP contribution in [0.1, 0.15) is 13.8 Å². The number of halogens is 1. The predicted octanol–water partition coefficient (Wildman–Crippen LogP) is 1.53. The highest BCUT2D eigenvalue weighted by Crippen LogP contribution is 2.16. The zero-order valence-corrected chi connectivity index (χ0v) is 14.3. The Kier molecular flexibility index (Phi) is 6.40. The van der Waals surface area contributed by atoms with Crippen LogP contribution in [0.15, 0.2) is 24.3 Å². The van der Waals surface area contributed by atoms with Crippen molar-refractivity contribution >= 4 is 17.6 Å². The molecule has 0 radical (unpaired) electrons. The monoisotopic (exact) mass is 336 g/mol. The highest BCUT2D eigenvalue weighted by atomic mass is 19.1. The fourth-order valence-corrected chi connectivity index (χ4v) is 2.75. The van der Waals surface area contributed by atoms with Crippen molar-refractivity contribution in [2.75, 3.05) is 50.7 Å². The van der Waals surface area contributed by atoms with Gasteiger partial charge in [-0.3, -0.25) is 4.79 Å². The summed E-state index contributed by atoms with van der Waals surface area (Å²) in [6.07, 6.45) is 0. The first-order valence-electron chi connectivity index (χ1n) is 8.36. The van der Waals surface area contributed by atoms with Crippen molar-refractivity contribution in [1.82, 2.24) is 15.1 Å². The lowest BCUT2D eigenvalue weighted by atomic mass is 10.2. The van der Waals surface area contributed by atoms with Crippen molar-refractivity contribution in [1.29, 1.82) is 0 Å². The molecular weight excluding hydrogens is 311 g/mol. The molecule has 1 N–H and O–H groups in total. The van der Waals surface area contributed by atoms with Gasteiger partial charge in [0, 0.05) is 45.0 Å². The van der Waals surface area contributed by atoms with Crippen LogP contribution in [0.5, 0.6) is 0 Å². The Labute approximate surface area is 142 Å². The number of anilines is 1. The number of rotatable bonds is 5. The van der Waals surface area contributed by atoms with Crippen LogP contribution in [0, 0.1) is 5.82 Å². The fraction of sp³-hybridized carbons (Fsp3) is 0.529. The molecule has 0 spiro atoms. The summed E-state index contributed by atoms with van der Waals surface area (Å²) < 4.78 is 13.0. The summed E-state index contributed by atoms with van der Waals surface area (Å²) in [7, 11) is 0. The molecule has 1 aliphatic heterocycles. The van der Waals surface area contributed by atoms with Crippen LogP contribution in [-0.4, -0.2) is 67.6 Å². The third-order valence-electron chi connectivity index (χ3n) is 4.27. The standard InChI is InChI=1S/C17H25FN4O2/c1-3-20(4-2)17(24)19-13-16(23)22-11-9-21(10-12-22)15-7-5-14(18)6-8-15/h5-8H,3-4,9-13H2,1-2H3,(H,19,24). The zero-order valence-electron chi connectivity index (χ0n) is 14.3. The molecule has 1 aliphatic rings. The van der Waals surface area contributed by atoms with E-state index in [1.54, 1.807) is 21.9 Å². The molecule has 1 heterocycles. The highest BCUT2D eigenvalue weighted by Gasteiger charge is 2.22. The van der Waals surface area contributed by atoms with Crippen molar-refractivity contribution in [3.8, 4) is 0 Å². The van der Waals surface area contributed by atoms with Crippen LogP contribution in [-0.2, 0) is 4.79 Å². The molecule has 24 heavy (non-hydrogen) atoms. The van der Waals surface area contributed by atoms with Crippen LogP contribution in [0.4, 0.5) is 14.9 Å². The molecular formula is C17H25FN4O2. The Bertz CT molecular complexity index is 552. The number of amides is 3. The van der Waals surface area contributed by atoms with Gasteiger partial charge in [0.2, 0.25) is 5.91 Å². The number of nitrogens with one attached hydrogen (secondary N) is 1. The highest BCUT2D eigenvalue weighted by molar-refractivity contribution is 5.84. The van der Waals surface area contributed by atoms with E-state index in [1.165, 1.54) is 12.1 Å². The third kappa shape index (κ3) is 4.59. The zero-order chi connectivity index (χ0) is 17.5. The summed E-state index contributed by atoms with van der Waals surface area (Å²) in [5.74, 6) is -0.328. The SMILES string of the molecule is CCN(CC)C(=O)NCC(=O)N1CCN(c2ccc(F)cc2)CC1. The first kappa shape index (κ1) is 18.0. The van der Waals surface area contributed by atoms with Gasteiger partial charge in [-0.1, -0.05) is 0 Å². The topological polar surface area (TPSA) is 55.9 Å². The van der Waals surface area contributed by atoms with Gasteiger partial charge in [-0.15, -0.1) is 0 Å². The number of carbonyl (C=O) groups is 2. The van der Waals surface area contributed by atoms with Crippen molar-refractivity contribution in [2.45, 2.75) is 13.8 Å². The third-order valence-corrected chi connectivity index (χ3v) is 4.27. The van der Waals surface area contributed by atoms with E-state index >= 15 is 0 Å². The number of carbonyl (C=O) groups excluding carboxylic acids is 2. The van der Waals surface area contributed by atoms with Crippen molar-refractivity contribution in [3.63, 3.8) is 0 Å². The molecule has 1 aromatic rings. The number of hydrogen-bond acceptors (Lipinski definition) is 3. The van der Waals surface area contributed by atoms with Gasteiger partial charge in [-0.05, 0) is 38.1 Å². The van der Waals surface area contributed by atoms with Gasteiger partial charge < -0.3 is 20.0 Å². The lowest BCUT2D eigenvalue weighted by Gasteiger charge is -2.36. The molecule has 0 aliphatic carbocycles. The summed E-state index contributed by atoms with van der Waals surface area (Å²) in [4.78, 5) is 29.6.